The topological polar surface area (TPSA) is 70.6 Å². The third-order valence-corrected chi connectivity index (χ3v) is 6.41. The van der Waals surface area contributed by atoms with Crippen LogP contribution in [-0.4, -0.2) is 39.6 Å². The molecular weight excluding hydrogens is 471 g/mol. The molecule has 0 N–H and O–H groups in total. The molecule has 36 heavy (non-hydrogen) atoms. The molecule has 186 valence electrons. The largest absolute Gasteiger partial charge is 0.416 e. The number of carbonyl (C=O) groups excluding carboxylic acids is 3. The van der Waals surface area contributed by atoms with Crippen molar-refractivity contribution in [3.63, 3.8) is 0 Å². The second kappa shape index (κ2) is 9.93. The van der Waals surface area contributed by atoms with E-state index in [0.29, 0.717) is 11.1 Å². The maximum absolute atomic E-state index is 13.7. The average Bonchev–Trinajstić information content (AvgIpc) is 3.09. The molecule has 1 unspecified atom stereocenters. The van der Waals surface area contributed by atoms with Crippen LogP contribution in [0.1, 0.15) is 35.1 Å². The van der Waals surface area contributed by atoms with Crippen molar-refractivity contribution in [1.82, 2.24) is 14.8 Å². The summed E-state index contributed by atoms with van der Waals surface area (Å²) in [6, 6.07) is 17.0. The van der Waals surface area contributed by atoms with Crippen LogP contribution in [-0.2, 0) is 39.1 Å². The molecule has 9 heteroatoms. The van der Waals surface area contributed by atoms with E-state index in [-0.39, 0.29) is 31.5 Å². The van der Waals surface area contributed by atoms with Crippen LogP contribution < -0.4 is 0 Å². The smallest absolute Gasteiger partial charge is 0.341 e. The predicted molar refractivity (Wildman–Crippen MR) is 125 cm³/mol. The number of amides is 3. The Labute approximate surface area is 206 Å². The number of nitrogens with zero attached hydrogens (tertiary/aromatic N) is 3. The highest BCUT2D eigenvalue weighted by atomic mass is 19.4. The Bertz CT molecular complexity index is 1270. The quantitative estimate of drug-likeness (QED) is 0.457. The van der Waals surface area contributed by atoms with E-state index in [0.717, 1.165) is 15.9 Å². The zero-order valence-electron chi connectivity index (χ0n) is 19.5. The number of aromatic nitrogens is 1. The van der Waals surface area contributed by atoms with Crippen LogP contribution in [0.25, 0.3) is 0 Å². The summed E-state index contributed by atoms with van der Waals surface area (Å²) in [5.41, 5.74) is -1.15. The van der Waals surface area contributed by atoms with E-state index in [1.807, 2.05) is 0 Å². The lowest BCUT2D eigenvalue weighted by atomic mass is 9.75. The summed E-state index contributed by atoms with van der Waals surface area (Å²) >= 11 is 0. The molecule has 2 heterocycles. The van der Waals surface area contributed by atoms with Gasteiger partial charge in [-0.3, -0.25) is 24.3 Å². The average molecular weight is 496 g/mol. The molecule has 0 saturated carbocycles. The number of pyridine rings is 1. The van der Waals surface area contributed by atoms with E-state index in [1.54, 1.807) is 54.9 Å². The number of imide groups is 1. The third kappa shape index (κ3) is 5.00. The lowest BCUT2D eigenvalue weighted by molar-refractivity contribution is -0.143. The summed E-state index contributed by atoms with van der Waals surface area (Å²) in [5.74, 6) is -1.48. The molecule has 0 radical (unpaired) electrons. The number of alkyl halides is 3. The van der Waals surface area contributed by atoms with Crippen LogP contribution in [0.5, 0.6) is 0 Å². The number of hydrogen-bond donors (Lipinski definition) is 0. The van der Waals surface area contributed by atoms with Gasteiger partial charge in [0, 0.05) is 38.8 Å². The monoisotopic (exact) mass is 495 g/mol. The number of carbonyl (C=O) groups is 3. The Morgan fingerprint density at radius 3 is 2.39 bits per heavy atom. The molecule has 1 saturated heterocycles. The number of halogens is 3. The summed E-state index contributed by atoms with van der Waals surface area (Å²) in [4.78, 5) is 46.3. The van der Waals surface area contributed by atoms with Gasteiger partial charge >= 0.3 is 6.18 Å². The van der Waals surface area contributed by atoms with Crippen molar-refractivity contribution >= 4 is 17.7 Å². The molecule has 0 aliphatic carbocycles. The third-order valence-electron chi connectivity index (χ3n) is 6.41. The minimum atomic E-state index is -4.56. The van der Waals surface area contributed by atoms with Crippen LogP contribution >= 0.6 is 0 Å². The summed E-state index contributed by atoms with van der Waals surface area (Å²) < 4.78 is 40.3. The molecule has 1 aliphatic heterocycles. The van der Waals surface area contributed by atoms with Crippen molar-refractivity contribution in [2.75, 3.05) is 7.05 Å². The first-order valence-corrected chi connectivity index (χ1v) is 11.3. The normalized spacial score (nSPS) is 17.9. The van der Waals surface area contributed by atoms with Gasteiger partial charge in [-0.05, 0) is 28.8 Å². The minimum Gasteiger partial charge on any atom is -0.341 e. The van der Waals surface area contributed by atoms with Crippen molar-refractivity contribution in [3.8, 4) is 0 Å². The van der Waals surface area contributed by atoms with Gasteiger partial charge in [0.25, 0.3) is 0 Å². The van der Waals surface area contributed by atoms with Crippen molar-refractivity contribution in [1.29, 1.82) is 0 Å². The van der Waals surface area contributed by atoms with Crippen LogP contribution in [0.3, 0.4) is 0 Å². The van der Waals surface area contributed by atoms with Crippen molar-refractivity contribution in [2.45, 2.75) is 37.5 Å². The highest BCUT2D eigenvalue weighted by Crippen LogP contribution is 2.41. The fourth-order valence-corrected chi connectivity index (χ4v) is 4.53. The number of rotatable bonds is 7. The first-order valence-electron chi connectivity index (χ1n) is 11.3. The number of hydrogen-bond acceptors (Lipinski definition) is 4. The highest BCUT2D eigenvalue weighted by molar-refractivity contribution is 6.10. The van der Waals surface area contributed by atoms with Gasteiger partial charge in [0.05, 0.1) is 17.5 Å². The van der Waals surface area contributed by atoms with Gasteiger partial charge in [0.15, 0.2) is 0 Å². The maximum atomic E-state index is 13.7. The molecule has 3 aromatic rings. The van der Waals surface area contributed by atoms with Gasteiger partial charge in [-0.15, -0.1) is 0 Å². The summed E-state index contributed by atoms with van der Waals surface area (Å²) in [7, 11) is 1.39. The fraction of sp³-hybridized carbons (Fsp3) is 0.259. The van der Waals surface area contributed by atoms with E-state index >= 15 is 0 Å². The van der Waals surface area contributed by atoms with E-state index in [4.69, 9.17) is 0 Å². The molecule has 0 bridgehead atoms. The van der Waals surface area contributed by atoms with E-state index in [1.165, 1.54) is 25.2 Å². The maximum Gasteiger partial charge on any atom is 0.416 e. The Balaban J connectivity index is 1.62. The molecule has 1 fully saturated rings. The second-order valence-corrected chi connectivity index (χ2v) is 8.85. The Kier molecular flexibility index (Phi) is 6.92. The first kappa shape index (κ1) is 25.1. The molecular formula is C27H24F3N3O3. The van der Waals surface area contributed by atoms with Crippen molar-refractivity contribution in [3.05, 3.63) is 101 Å². The van der Waals surface area contributed by atoms with Gasteiger partial charge in [-0.2, -0.15) is 13.2 Å². The Morgan fingerprint density at radius 1 is 1.03 bits per heavy atom. The van der Waals surface area contributed by atoms with E-state index in [2.05, 4.69) is 4.98 Å². The Hall–Kier alpha value is -4.01. The molecule has 2 aromatic carbocycles. The Morgan fingerprint density at radius 2 is 1.72 bits per heavy atom. The molecule has 1 atom stereocenters. The van der Waals surface area contributed by atoms with Crippen molar-refractivity contribution < 1.29 is 27.6 Å². The van der Waals surface area contributed by atoms with Crippen LogP contribution in [0.4, 0.5) is 13.2 Å². The van der Waals surface area contributed by atoms with Gasteiger partial charge < -0.3 is 4.90 Å². The summed E-state index contributed by atoms with van der Waals surface area (Å²) in [5, 5.41) is 0. The first-order chi connectivity index (χ1) is 17.1. The molecule has 3 amide bonds. The molecule has 1 aliphatic rings. The standard InChI is InChI=1S/C27H24F3N3O3/c1-32(18-20-9-5-6-12-22(20)27(28,29)30)23(34)14-26(21-10-3-2-4-11-21)15-24(35)33(25(26)36)17-19-8-7-13-31-16-19/h2-13,16H,14-15,17-18H2,1H3. The molecule has 1 aromatic heterocycles. The number of benzene rings is 2. The molecule has 6 nitrogen and oxygen atoms in total. The molecule has 4 rings (SSSR count). The SMILES string of the molecule is CN(Cc1ccccc1C(F)(F)F)C(=O)CC1(c2ccccc2)CC(=O)N(Cc2cccnc2)C1=O. The van der Waals surface area contributed by atoms with Gasteiger partial charge in [0.2, 0.25) is 17.7 Å². The lowest BCUT2D eigenvalue weighted by Gasteiger charge is -2.29. The predicted octanol–water partition coefficient (Wildman–Crippen LogP) is 4.35. The van der Waals surface area contributed by atoms with Crippen LogP contribution in [0.2, 0.25) is 0 Å². The van der Waals surface area contributed by atoms with Crippen molar-refractivity contribution in [2.24, 2.45) is 0 Å². The van der Waals surface area contributed by atoms with Gasteiger partial charge in [-0.1, -0.05) is 54.6 Å². The highest BCUT2D eigenvalue weighted by Gasteiger charge is 2.54. The second-order valence-electron chi connectivity index (χ2n) is 8.85. The lowest BCUT2D eigenvalue weighted by Crippen LogP contribution is -2.42. The van der Waals surface area contributed by atoms with Gasteiger partial charge in [0.1, 0.15) is 0 Å². The minimum absolute atomic E-state index is 0.0169. The van der Waals surface area contributed by atoms with Crippen LogP contribution in [0, 0.1) is 0 Å². The zero-order chi connectivity index (χ0) is 25.9. The van der Waals surface area contributed by atoms with Crippen LogP contribution in [0.15, 0.2) is 79.1 Å². The van der Waals surface area contributed by atoms with E-state index in [9.17, 15) is 27.6 Å². The fourth-order valence-electron chi connectivity index (χ4n) is 4.53. The molecule has 0 spiro atoms. The number of likely N-dealkylation sites (tertiary alicyclic amines) is 1. The zero-order valence-corrected chi connectivity index (χ0v) is 19.5. The summed E-state index contributed by atoms with van der Waals surface area (Å²) in [6.07, 6.45) is -1.99. The van der Waals surface area contributed by atoms with E-state index < -0.39 is 34.9 Å². The summed E-state index contributed by atoms with van der Waals surface area (Å²) in [6.45, 7) is -0.274. The van der Waals surface area contributed by atoms with Gasteiger partial charge in [-0.25, -0.2) is 0 Å².